The molecule has 1 aromatic heterocycles. The first-order valence-corrected chi connectivity index (χ1v) is 16.8. The maximum Gasteiger partial charge on any atom is 0.245 e. The molecule has 236 valence electrons. The van der Waals surface area contributed by atoms with Crippen LogP contribution in [0.2, 0.25) is 0 Å². The molecule has 1 N–H and O–H groups in total. The van der Waals surface area contributed by atoms with E-state index in [1.807, 2.05) is 24.8 Å². The highest BCUT2D eigenvalue weighted by Crippen LogP contribution is 2.45. The molecule has 0 radical (unpaired) electrons. The number of imidazole rings is 1. The van der Waals surface area contributed by atoms with Crippen LogP contribution >= 0.6 is 11.6 Å². The third kappa shape index (κ3) is 6.00. The molecule has 9 heteroatoms. The van der Waals surface area contributed by atoms with E-state index in [4.69, 9.17) is 16.6 Å². The molecule has 0 saturated carbocycles. The van der Waals surface area contributed by atoms with Crippen molar-refractivity contribution in [2.45, 2.75) is 95.3 Å². The van der Waals surface area contributed by atoms with Crippen molar-refractivity contribution in [2.75, 3.05) is 25.5 Å². The first-order valence-electron chi connectivity index (χ1n) is 16.3. The van der Waals surface area contributed by atoms with Gasteiger partial charge < -0.3 is 14.8 Å². The molecule has 3 aromatic rings. The van der Waals surface area contributed by atoms with E-state index in [0.717, 1.165) is 55.6 Å². The van der Waals surface area contributed by atoms with Crippen molar-refractivity contribution in [1.29, 1.82) is 0 Å². The fourth-order valence-electron chi connectivity index (χ4n) is 8.37. The van der Waals surface area contributed by atoms with Crippen LogP contribution in [0.15, 0.2) is 48.5 Å². The van der Waals surface area contributed by atoms with Gasteiger partial charge in [0.2, 0.25) is 11.8 Å². The molecular formula is C35H45ClFN5O2. The minimum Gasteiger partial charge on any atom is -0.343 e. The second-order valence-corrected chi connectivity index (χ2v) is 13.8. The van der Waals surface area contributed by atoms with Crippen LogP contribution in [0.3, 0.4) is 0 Å². The first kappa shape index (κ1) is 31.0. The third-order valence-corrected chi connectivity index (χ3v) is 10.9. The molecule has 7 nitrogen and oxygen atoms in total. The number of likely N-dealkylation sites (tertiary alicyclic amines) is 1. The Labute approximate surface area is 265 Å². The van der Waals surface area contributed by atoms with Crippen LogP contribution < -0.4 is 5.32 Å². The van der Waals surface area contributed by atoms with Crippen LogP contribution in [-0.2, 0) is 15.0 Å². The second kappa shape index (κ2) is 12.8. The zero-order valence-corrected chi connectivity index (χ0v) is 26.9. The van der Waals surface area contributed by atoms with Crippen molar-refractivity contribution in [3.63, 3.8) is 0 Å². The maximum atomic E-state index is 14.6. The molecule has 0 aliphatic carbocycles. The molecular weight excluding hydrogens is 577 g/mol. The zero-order chi connectivity index (χ0) is 31.0. The summed E-state index contributed by atoms with van der Waals surface area (Å²) in [7, 11) is 0. The van der Waals surface area contributed by atoms with Crippen molar-refractivity contribution in [3.8, 4) is 0 Å². The number of halogens is 2. The van der Waals surface area contributed by atoms with Gasteiger partial charge in [-0.1, -0.05) is 38.1 Å². The molecule has 4 heterocycles. The molecule has 2 aromatic carbocycles. The normalized spacial score (nSPS) is 24.1. The maximum absolute atomic E-state index is 14.6. The summed E-state index contributed by atoms with van der Waals surface area (Å²) in [6.45, 7) is 8.13. The lowest BCUT2D eigenvalue weighted by Gasteiger charge is -2.46. The quantitative estimate of drug-likeness (QED) is 0.299. The SMILES string of the molecule is Cc1nc2ccccc2n1C1C[C@H]2CC[C@@H](C1)N2CCC1(c2cccc(F)c2)CCN(C(=O)[C@@H](NC(=O)CCl)C(C)C)CC1. The van der Waals surface area contributed by atoms with E-state index in [1.54, 1.807) is 6.07 Å². The highest BCUT2D eigenvalue weighted by molar-refractivity contribution is 6.27. The second-order valence-electron chi connectivity index (χ2n) is 13.6. The molecule has 0 spiro atoms. The topological polar surface area (TPSA) is 70.5 Å². The number of rotatable bonds is 9. The van der Waals surface area contributed by atoms with Gasteiger partial charge in [-0.15, -0.1) is 11.6 Å². The summed E-state index contributed by atoms with van der Waals surface area (Å²) in [6, 6.07) is 16.5. The molecule has 44 heavy (non-hydrogen) atoms. The Morgan fingerprint density at radius 3 is 2.41 bits per heavy atom. The Morgan fingerprint density at radius 1 is 1.05 bits per heavy atom. The van der Waals surface area contributed by atoms with Crippen LogP contribution in [0.5, 0.6) is 0 Å². The molecule has 3 saturated heterocycles. The summed E-state index contributed by atoms with van der Waals surface area (Å²) in [5.74, 6) is 0.266. The number of aryl methyl sites for hydroxylation is 1. The van der Waals surface area contributed by atoms with Gasteiger partial charge in [0.25, 0.3) is 0 Å². The summed E-state index contributed by atoms with van der Waals surface area (Å²) in [6.07, 6.45) is 7.14. The number of nitrogens with one attached hydrogen (secondary N) is 1. The molecule has 6 rings (SSSR count). The van der Waals surface area contributed by atoms with E-state index in [0.29, 0.717) is 31.2 Å². The van der Waals surface area contributed by atoms with Gasteiger partial charge in [0, 0.05) is 31.2 Å². The van der Waals surface area contributed by atoms with Crippen molar-refractivity contribution >= 4 is 34.4 Å². The monoisotopic (exact) mass is 621 g/mol. The Kier molecular flexibility index (Phi) is 9.02. The number of hydrogen-bond acceptors (Lipinski definition) is 4. The van der Waals surface area contributed by atoms with Gasteiger partial charge in [-0.3, -0.25) is 14.5 Å². The Hall–Kier alpha value is -2.97. The lowest BCUT2D eigenvalue weighted by molar-refractivity contribution is -0.138. The van der Waals surface area contributed by atoms with Gasteiger partial charge in [-0.05, 0) is 99.6 Å². The average Bonchev–Trinajstić information content (AvgIpc) is 3.48. The molecule has 2 amide bonds. The van der Waals surface area contributed by atoms with E-state index in [2.05, 4.69) is 52.0 Å². The van der Waals surface area contributed by atoms with Gasteiger partial charge in [-0.2, -0.15) is 0 Å². The largest absolute Gasteiger partial charge is 0.343 e. The first-order chi connectivity index (χ1) is 21.2. The van der Waals surface area contributed by atoms with Crippen LogP contribution in [0.1, 0.15) is 76.2 Å². The number of alkyl halides is 1. The van der Waals surface area contributed by atoms with Gasteiger partial charge >= 0.3 is 0 Å². The lowest BCUT2D eigenvalue weighted by atomic mass is 9.70. The number of nitrogens with zero attached hydrogens (tertiary/aromatic N) is 4. The number of para-hydroxylation sites is 2. The number of hydrogen-bond donors (Lipinski definition) is 1. The minimum atomic E-state index is -0.601. The van der Waals surface area contributed by atoms with Gasteiger partial charge in [-0.25, -0.2) is 9.37 Å². The fraction of sp³-hybridized carbons (Fsp3) is 0.571. The molecule has 3 aliphatic heterocycles. The summed E-state index contributed by atoms with van der Waals surface area (Å²) in [5.41, 5.74) is 3.13. The highest BCUT2D eigenvalue weighted by atomic mass is 35.5. The van der Waals surface area contributed by atoms with E-state index < -0.39 is 6.04 Å². The number of benzene rings is 2. The summed E-state index contributed by atoms with van der Waals surface area (Å²) >= 11 is 5.72. The minimum absolute atomic E-state index is 0.0490. The van der Waals surface area contributed by atoms with Crippen LogP contribution in [0.4, 0.5) is 4.39 Å². The Morgan fingerprint density at radius 2 is 1.75 bits per heavy atom. The van der Waals surface area contributed by atoms with Gasteiger partial charge in [0.1, 0.15) is 23.6 Å². The number of fused-ring (bicyclic) bond motifs is 3. The summed E-state index contributed by atoms with van der Waals surface area (Å²) in [5, 5.41) is 2.81. The predicted molar refractivity (Wildman–Crippen MR) is 172 cm³/mol. The zero-order valence-electron chi connectivity index (χ0n) is 26.1. The fourth-order valence-corrected chi connectivity index (χ4v) is 8.45. The number of piperidine rings is 2. The molecule has 4 atom stereocenters. The van der Waals surface area contributed by atoms with Crippen LogP contribution in [-0.4, -0.2) is 74.8 Å². The summed E-state index contributed by atoms with van der Waals surface area (Å²) < 4.78 is 17.0. The number of aromatic nitrogens is 2. The number of carbonyl (C=O) groups is 2. The highest BCUT2D eigenvalue weighted by Gasteiger charge is 2.44. The van der Waals surface area contributed by atoms with E-state index >= 15 is 0 Å². The third-order valence-electron chi connectivity index (χ3n) is 10.7. The lowest BCUT2D eigenvalue weighted by Crippen LogP contribution is -2.55. The van der Waals surface area contributed by atoms with Crippen molar-refractivity contribution in [3.05, 3.63) is 65.7 Å². The van der Waals surface area contributed by atoms with Crippen molar-refractivity contribution in [2.24, 2.45) is 5.92 Å². The molecule has 2 bridgehead atoms. The molecule has 3 aliphatic rings. The molecule has 1 unspecified atom stereocenters. The van der Waals surface area contributed by atoms with Gasteiger partial charge in [0.15, 0.2) is 0 Å². The van der Waals surface area contributed by atoms with Gasteiger partial charge in [0.05, 0.1) is 11.0 Å². The Bertz CT molecular complexity index is 1490. The standard InChI is InChI=1S/C35H45ClFN5O2/c1-23(2)33(39-32(43)22-36)34(44)40-16-13-35(14-17-40,25-7-6-8-26(37)19-25)15-18-41-27-11-12-28(41)21-29(20-27)42-24(3)38-30-9-4-5-10-31(30)42/h4-10,19,23,27-29,33H,11-18,20-22H2,1-3H3,(H,39,43)/t27-,28+,29?,33-/m0/s1. The van der Waals surface area contributed by atoms with Crippen LogP contribution in [0, 0.1) is 18.7 Å². The predicted octanol–water partition coefficient (Wildman–Crippen LogP) is 5.98. The van der Waals surface area contributed by atoms with E-state index in [1.165, 1.54) is 24.4 Å². The Balaban J connectivity index is 1.17. The van der Waals surface area contributed by atoms with E-state index in [9.17, 15) is 14.0 Å². The van der Waals surface area contributed by atoms with Crippen LogP contribution in [0.25, 0.3) is 11.0 Å². The number of carbonyl (C=O) groups excluding carboxylic acids is 2. The number of amides is 2. The average molecular weight is 622 g/mol. The molecule has 3 fully saturated rings. The summed E-state index contributed by atoms with van der Waals surface area (Å²) in [4.78, 5) is 35.0. The van der Waals surface area contributed by atoms with E-state index in [-0.39, 0.29) is 34.8 Å². The smallest absolute Gasteiger partial charge is 0.245 e. The van der Waals surface area contributed by atoms with Crippen molar-refractivity contribution < 1.29 is 14.0 Å². The van der Waals surface area contributed by atoms with Crippen molar-refractivity contribution in [1.82, 2.24) is 24.7 Å².